The quantitative estimate of drug-likeness (QED) is 0.484. The molecule has 0 bridgehead atoms. The van der Waals surface area contributed by atoms with Crippen molar-refractivity contribution in [3.63, 3.8) is 0 Å². The average Bonchev–Trinajstić information content (AvgIpc) is 2.25. The van der Waals surface area contributed by atoms with Gasteiger partial charge in [-0.3, -0.25) is 4.79 Å². The molecule has 0 radical (unpaired) electrons. The van der Waals surface area contributed by atoms with E-state index in [1.807, 2.05) is 0 Å². The minimum Gasteiger partial charge on any atom is -0.378 e. The molecule has 1 aliphatic heterocycles. The van der Waals surface area contributed by atoms with Crippen LogP contribution in [0.5, 0.6) is 0 Å². The maximum Gasteiger partial charge on any atom is 0.221 e. The molecule has 100 valence electrons. The van der Waals surface area contributed by atoms with Crippen molar-refractivity contribution in [3.05, 3.63) is 0 Å². The largest absolute Gasteiger partial charge is 0.378 e. The topological polar surface area (TPSA) is 96.5 Å². The van der Waals surface area contributed by atoms with E-state index in [9.17, 15) is 13.2 Å². The molecule has 1 fully saturated rings. The Hall–Kier alpha value is -0.700. The van der Waals surface area contributed by atoms with Gasteiger partial charge < -0.3 is 15.4 Å². The lowest BCUT2D eigenvalue weighted by Gasteiger charge is -2.23. The summed E-state index contributed by atoms with van der Waals surface area (Å²) in [5, 5.41) is 5.81. The van der Waals surface area contributed by atoms with E-state index < -0.39 is 10.0 Å². The zero-order chi connectivity index (χ0) is 12.7. The second kappa shape index (κ2) is 6.90. The summed E-state index contributed by atoms with van der Waals surface area (Å²) in [7, 11) is -3.18. The maximum atomic E-state index is 11.5. The summed E-state index contributed by atoms with van der Waals surface area (Å²) in [6.07, 6.45) is 1.43. The standard InChI is InChI=1S/C9H19N3O4S/c1-17(14,15)12-3-2-11-9(13)6-8-7-16-5-4-10-8/h8,10,12H,2-7H2,1H3,(H,11,13). The number of amides is 1. The summed E-state index contributed by atoms with van der Waals surface area (Å²) in [5.74, 6) is -0.108. The molecule has 1 saturated heterocycles. The molecular formula is C9H19N3O4S. The number of rotatable bonds is 6. The molecule has 1 rings (SSSR count). The molecule has 1 unspecified atom stereocenters. The Bertz CT molecular complexity index is 338. The number of morpholine rings is 1. The van der Waals surface area contributed by atoms with Crippen LogP contribution < -0.4 is 15.4 Å². The van der Waals surface area contributed by atoms with Gasteiger partial charge in [-0.05, 0) is 0 Å². The summed E-state index contributed by atoms with van der Waals surface area (Å²) >= 11 is 0. The second-order valence-corrected chi connectivity index (χ2v) is 5.78. The number of carbonyl (C=O) groups is 1. The van der Waals surface area contributed by atoms with E-state index in [1.54, 1.807) is 0 Å². The van der Waals surface area contributed by atoms with Crippen LogP contribution in [0.25, 0.3) is 0 Å². The fourth-order valence-electron chi connectivity index (χ4n) is 1.49. The number of sulfonamides is 1. The maximum absolute atomic E-state index is 11.5. The lowest BCUT2D eigenvalue weighted by atomic mass is 10.2. The molecule has 3 N–H and O–H groups in total. The van der Waals surface area contributed by atoms with Gasteiger partial charge in [-0.1, -0.05) is 0 Å². The molecule has 0 aromatic heterocycles. The highest BCUT2D eigenvalue weighted by Gasteiger charge is 2.16. The van der Waals surface area contributed by atoms with Gasteiger partial charge in [0.15, 0.2) is 0 Å². The predicted octanol–water partition coefficient (Wildman–Crippen LogP) is -1.97. The third-order valence-corrected chi connectivity index (χ3v) is 2.97. The van der Waals surface area contributed by atoms with E-state index in [0.29, 0.717) is 26.2 Å². The first-order valence-corrected chi connectivity index (χ1v) is 7.39. The number of carbonyl (C=O) groups excluding carboxylic acids is 1. The van der Waals surface area contributed by atoms with Crippen LogP contribution >= 0.6 is 0 Å². The van der Waals surface area contributed by atoms with Crippen molar-refractivity contribution in [2.75, 3.05) is 39.1 Å². The van der Waals surface area contributed by atoms with Crippen molar-refractivity contribution in [1.29, 1.82) is 0 Å². The summed E-state index contributed by atoms with van der Waals surface area (Å²) in [4.78, 5) is 11.5. The van der Waals surface area contributed by atoms with E-state index in [1.165, 1.54) is 0 Å². The predicted molar refractivity (Wildman–Crippen MR) is 63.1 cm³/mol. The first kappa shape index (κ1) is 14.4. The van der Waals surface area contributed by atoms with Crippen LogP contribution in [-0.2, 0) is 19.6 Å². The third-order valence-electron chi connectivity index (χ3n) is 2.24. The van der Waals surface area contributed by atoms with Gasteiger partial charge in [-0.2, -0.15) is 0 Å². The van der Waals surface area contributed by atoms with E-state index in [4.69, 9.17) is 4.74 Å². The normalized spacial score (nSPS) is 21.1. The van der Waals surface area contributed by atoms with Gasteiger partial charge in [0.2, 0.25) is 15.9 Å². The molecule has 0 saturated carbocycles. The first-order valence-electron chi connectivity index (χ1n) is 5.50. The van der Waals surface area contributed by atoms with Crippen molar-refractivity contribution in [2.45, 2.75) is 12.5 Å². The Morgan fingerprint density at radius 3 is 2.82 bits per heavy atom. The zero-order valence-electron chi connectivity index (χ0n) is 9.86. The van der Waals surface area contributed by atoms with Crippen molar-refractivity contribution in [1.82, 2.24) is 15.4 Å². The Balaban J connectivity index is 2.08. The zero-order valence-corrected chi connectivity index (χ0v) is 10.7. The Morgan fingerprint density at radius 2 is 2.24 bits per heavy atom. The third kappa shape index (κ3) is 7.27. The minimum absolute atomic E-state index is 0.0478. The Morgan fingerprint density at radius 1 is 1.47 bits per heavy atom. The molecule has 0 aromatic rings. The van der Waals surface area contributed by atoms with Crippen LogP contribution in [0.1, 0.15) is 6.42 Å². The van der Waals surface area contributed by atoms with Crippen LogP contribution in [-0.4, -0.2) is 59.5 Å². The first-order chi connectivity index (χ1) is 7.97. The number of nitrogens with one attached hydrogen (secondary N) is 3. The van der Waals surface area contributed by atoms with Crippen LogP contribution in [0, 0.1) is 0 Å². The van der Waals surface area contributed by atoms with Crippen LogP contribution in [0.4, 0.5) is 0 Å². The lowest BCUT2D eigenvalue weighted by Crippen LogP contribution is -2.45. The monoisotopic (exact) mass is 265 g/mol. The van der Waals surface area contributed by atoms with E-state index in [0.717, 1.165) is 12.8 Å². The molecule has 0 aliphatic carbocycles. The minimum atomic E-state index is -3.18. The fraction of sp³-hybridized carbons (Fsp3) is 0.889. The molecule has 0 spiro atoms. The summed E-state index contributed by atoms with van der Waals surface area (Å²) in [6.45, 7) is 2.47. The lowest BCUT2D eigenvalue weighted by molar-refractivity contribution is -0.122. The molecule has 7 nitrogen and oxygen atoms in total. The highest BCUT2D eigenvalue weighted by atomic mass is 32.2. The van der Waals surface area contributed by atoms with Crippen molar-refractivity contribution < 1.29 is 17.9 Å². The van der Waals surface area contributed by atoms with Gasteiger partial charge in [0, 0.05) is 32.1 Å². The molecule has 17 heavy (non-hydrogen) atoms. The van der Waals surface area contributed by atoms with Gasteiger partial charge >= 0.3 is 0 Å². The molecule has 0 aromatic carbocycles. The van der Waals surface area contributed by atoms with Crippen LogP contribution in [0.2, 0.25) is 0 Å². The highest BCUT2D eigenvalue weighted by Crippen LogP contribution is 1.97. The van der Waals surface area contributed by atoms with Gasteiger partial charge in [0.25, 0.3) is 0 Å². The van der Waals surface area contributed by atoms with Crippen molar-refractivity contribution in [2.24, 2.45) is 0 Å². The molecular weight excluding hydrogens is 246 g/mol. The van der Waals surface area contributed by atoms with E-state index in [-0.39, 0.29) is 18.5 Å². The summed E-state index contributed by atoms with van der Waals surface area (Å²) in [5.41, 5.74) is 0. The molecule has 8 heteroatoms. The second-order valence-electron chi connectivity index (χ2n) is 3.95. The Labute approximate surface area is 101 Å². The van der Waals surface area contributed by atoms with Crippen molar-refractivity contribution >= 4 is 15.9 Å². The number of ether oxygens (including phenoxy) is 1. The van der Waals surface area contributed by atoms with Crippen LogP contribution in [0.3, 0.4) is 0 Å². The Kier molecular flexibility index (Phi) is 5.83. The van der Waals surface area contributed by atoms with Gasteiger partial charge in [-0.25, -0.2) is 13.1 Å². The SMILES string of the molecule is CS(=O)(=O)NCCNC(=O)CC1COCCN1. The molecule has 1 aliphatic rings. The highest BCUT2D eigenvalue weighted by molar-refractivity contribution is 7.88. The molecule has 1 amide bonds. The summed E-state index contributed by atoms with van der Waals surface area (Å²) in [6, 6.07) is 0.0478. The van der Waals surface area contributed by atoms with Crippen molar-refractivity contribution in [3.8, 4) is 0 Å². The summed E-state index contributed by atoms with van der Waals surface area (Å²) < 4.78 is 29.0. The molecule has 1 heterocycles. The number of hydrogen-bond acceptors (Lipinski definition) is 5. The molecule has 1 atom stereocenters. The number of hydrogen-bond donors (Lipinski definition) is 3. The average molecular weight is 265 g/mol. The van der Waals surface area contributed by atoms with Gasteiger partial charge in [0.05, 0.1) is 19.5 Å². The van der Waals surface area contributed by atoms with Crippen LogP contribution in [0.15, 0.2) is 0 Å². The van der Waals surface area contributed by atoms with E-state index in [2.05, 4.69) is 15.4 Å². The smallest absolute Gasteiger partial charge is 0.221 e. The van der Waals surface area contributed by atoms with E-state index >= 15 is 0 Å². The van der Waals surface area contributed by atoms with Gasteiger partial charge in [0.1, 0.15) is 0 Å². The fourth-order valence-corrected chi connectivity index (χ4v) is 1.96. The van der Waals surface area contributed by atoms with Gasteiger partial charge in [-0.15, -0.1) is 0 Å².